The van der Waals surface area contributed by atoms with E-state index in [9.17, 15) is 9.59 Å². The number of hydrogen-bond donors (Lipinski definition) is 1. The zero-order valence-electron chi connectivity index (χ0n) is 11.8. The van der Waals surface area contributed by atoms with E-state index >= 15 is 0 Å². The number of morpholine rings is 1. The molecule has 0 aliphatic carbocycles. The lowest BCUT2D eigenvalue weighted by Crippen LogP contribution is -2.52. The molecule has 2 fully saturated rings. The number of rotatable bonds is 3. The molecule has 0 saturated carbocycles. The number of hydrogen-bond acceptors (Lipinski definition) is 4. The van der Waals surface area contributed by atoms with Gasteiger partial charge in [-0.3, -0.25) is 0 Å². The van der Waals surface area contributed by atoms with Crippen LogP contribution in [0.25, 0.3) is 0 Å². The standard InChI is InChI=1S/C13H22N2O5/c1-14(8-10-2-5-19-6-3-10)13(18)15-4-7-20-11(9-15)12(16)17/h10-11H,2-9H2,1H3,(H,16,17). The molecule has 20 heavy (non-hydrogen) atoms. The van der Waals surface area contributed by atoms with E-state index in [1.807, 2.05) is 0 Å². The summed E-state index contributed by atoms with van der Waals surface area (Å²) in [5.74, 6) is -0.552. The molecule has 0 aromatic heterocycles. The average molecular weight is 286 g/mol. The second kappa shape index (κ2) is 6.90. The number of amides is 2. The molecule has 0 bridgehead atoms. The van der Waals surface area contributed by atoms with Crippen molar-refractivity contribution >= 4 is 12.0 Å². The van der Waals surface area contributed by atoms with Crippen molar-refractivity contribution in [1.29, 1.82) is 0 Å². The number of carboxylic acids is 1. The maximum absolute atomic E-state index is 12.3. The molecule has 2 saturated heterocycles. The predicted molar refractivity (Wildman–Crippen MR) is 70.5 cm³/mol. The fourth-order valence-electron chi connectivity index (χ4n) is 2.61. The molecule has 0 aromatic carbocycles. The van der Waals surface area contributed by atoms with Crippen LogP contribution in [0.2, 0.25) is 0 Å². The van der Waals surface area contributed by atoms with E-state index < -0.39 is 12.1 Å². The third kappa shape index (κ3) is 3.83. The molecular weight excluding hydrogens is 264 g/mol. The average Bonchev–Trinajstić information content (AvgIpc) is 2.47. The van der Waals surface area contributed by atoms with Gasteiger partial charge in [-0.2, -0.15) is 0 Å². The Morgan fingerprint density at radius 1 is 1.30 bits per heavy atom. The minimum Gasteiger partial charge on any atom is -0.479 e. The molecule has 2 amide bonds. The molecule has 7 heteroatoms. The number of ether oxygens (including phenoxy) is 2. The summed E-state index contributed by atoms with van der Waals surface area (Å²) in [6, 6.07) is -0.119. The Kier molecular flexibility index (Phi) is 5.19. The third-order valence-corrected chi connectivity index (χ3v) is 3.81. The molecule has 1 atom stereocenters. The van der Waals surface area contributed by atoms with Gasteiger partial charge in [0, 0.05) is 33.4 Å². The topological polar surface area (TPSA) is 79.3 Å². The highest BCUT2D eigenvalue weighted by molar-refractivity contribution is 5.77. The molecule has 2 aliphatic rings. The summed E-state index contributed by atoms with van der Waals surface area (Å²) in [5.41, 5.74) is 0. The maximum Gasteiger partial charge on any atom is 0.334 e. The number of nitrogens with zero attached hydrogens (tertiary/aromatic N) is 2. The van der Waals surface area contributed by atoms with Crippen LogP contribution in [0.5, 0.6) is 0 Å². The van der Waals surface area contributed by atoms with Crippen LogP contribution in [0.15, 0.2) is 0 Å². The number of urea groups is 1. The molecule has 2 heterocycles. The van der Waals surface area contributed by atoms with Crippen LogP contribution in [0.1, 0.15) is 12.8 Å². The van der Waals surface area contributed by atoms with Crippen LogP contribution in [-0.4, -0.2) is 79.5 Å². The summed E-state index contributed by atoms with van der Waals surface area (Å²) in [4.78, 5) is 26.5. The molecule has 1 unspecified atom stereocenters. The Morgan fingerprint density at radius 3 is 2.65 bits per heavy atom. The second-order valence-corrected chi connectivity index (χ2v) is 5.36. The van der Waals surface area contributed by atoms with Crippen molar-refractivity contribution < 1.29 is 24.2 Å². The SMILES string of the molecule is CN(CC1CCOCC1)C(=O)N1CCOC(C(=O)O)C1. The van der Waals surface area contributed by atoms with Crippen molar-refractivity contribution in [3.63, 3.8) is 0 Å². The molecule has 0 aromatic rings. The van der Waals surface area contributed by atoms with Crippen LogP contribution >= 0.6 is 0 Å². The van der Waals surface area contributed by atoms with Crippen LogP contribution < -0.4 is 0 Å². The van der Waals surface area contributed by atoms with Crippen molar-refractivity contribution in [3.05, 3.63) is 0 Å². The van der Waals surface area contributed by atoms with E-state index in [1.54, 1.807) is 16.8 Å². The Bertz CT molecular complexity index is 357. The molecule has 7 nitrogen and oxygen atoms in total. The molecule has 114 valence electrons. The summed E-state index contributed by atoms with van der Waals surface area (Å²) < 4.78 is 10.4. The normalized spacial score (nSPS) is 24.4. The van der Waals surface area contributed by atoms with Crippen molar-refractivity contribution in [2.75, 3.05) is 46.5 Å². The molecule has 2 aliphatic heterocycles. The van der Waals surface area contributed by atoms with Gasteiger partial charge in [-0.05, 0) is 18.8 Å². The zero-order chi connectivity index (χ0) is 14.5. The lowest BCUT2D eigenvalue weighted by atomic mass is 10.00. The monoisotopic (exact) mass is 286 g/mol. The highest BCUT2D eigenvalue weighted by Crippen LogP contribution is 2.17. The van der Waals surface area contributed by atoms with E-state index in [1.165, 1.54) is 0 Å². The summed E-state index contributed by atoms with van der Waals surface area (Å²) in [6.45, 7) is 3.04. The first-order valence-corrected chi connectivity index (χ1v) is 7.00. The van der Waals surface area contributed by atoms with Crippen molar-refractivity contribution in [2.24, 2.45) is 5.92 Å². The van der Waals surface area contributed by atoms with Gasteiger partial charge in [0.25, 0.3) is 0 Å². The largest absolute Gasteiger partial charge is 0.479 e. The van der Waals surface area contributed by atoms with Crippen molar-refractivity contribution in [2.45, 2.75) is 18.9 Å². The molecular formula is C13H22N2O5. The van der Waals surface area contributed by atoms with Gasteiger partial charge in [-0.15, -0.1) is 0 Å². The first kappa shape index (κ1) is 15.1. The Morgan fingerprint density at radius 2 is 2.00 bits per heavy atom. The lowest BCUT2D eigenvalue weighted by molar-refractivity contribution is -0.154. The number of carboxylic acid groups (broad SMARTS) is 1. The van der Waals surface area contributed by atoms with E-state index in [2.05, 4.69) is 0 Å². The first-order valence-electron chi connectivity index (χ1n) is 7.00. The number of carbonyl (C=O) groups excluding carboxylic acids is 1. The van der Waals surface area contributed by atoms with E-state index in [-0.39, 0.29) is 19.2 Å². The summed E-state index contributed by atoms with van der Waals surface area (Å²) in [7, 11) is 1.77. The van der Waals surface area contributed by atoms with Crippen LogP contribution in [0.3, 0.4) is 0 Å². The van der Waals surface area contributed by atoms with Gasteiger partial charge >= 0.3 is 12.0 Å². The number of carbonyl (C=O) groups is 2. The summed E-state index contributed by atoms with van der Waals surface area (Å²) in [6.07, 6.45) is 1.03. The van der Waals surface area contributed by atoms with Crippen LogP contribution in [0.4, 0.5) is 4.79 Å². The van der Waals surface area contributed by atoms with Gasteiger partial charge in [0.2, 0.25) is 0 Å². The van der Waals surface area contributed by atoms with E-state index in [0.29, 0.717) is 19.0 Å². The van der Waals surface area contributed by atoms with Gasteiger partial charge in [0.15, 0.2) is 6.10 Å². The fourth-order valence-corrected chi connectivity index (χ4v) is 2.61. The van der Waals surface area contributed by atoms with Gasteiger partial charge in [-0.1, -0.05) is 0 Å². The van der Waals surface area contributed by atoms with Gasteiger partial charge in [0.05, 0.1) is 13.2 Å². The summed E-state index contributed by atoms with van der Waals surface area (Å²) >= 11 is 0. The van der Waals surface area contributed by atoms with Gasteiger partial charge in [-0.25, -0.2) is 9.59 Å². The predicted octanol–water partition coefficient (Wildman–Crippen LogP) is 0.250. The smallest absolute Gasteiger partial charge is 0.334 e. The number of aliphatic carboxylic acids is 1. The first-order chi connectivity index (χ1) is 9.58. The highest BCUT2D eigenvalue weighted by atomic mass is 16.5. The van der Waals surface area contributed by atoms with Crippen molar-refractivity contribution in [1.82, 2.24) is 9.80 Å². The molecule has 0 radical (unpaired) electrons. The third-order valence-electron chi connectivity index (χ3n) is 3.81. The lowest BCUT2D eigenvalue weighted by Gasteiger charge is -2.35. The zero-order valence-corrected chi connectivity index (χ0v) is 11.8. The molecule has 1 N–H and O–H groups in total. The fraction of sp³-hybridized carbons (Fsp3) is 0.846. The minimum absolute atomic E-state index is 0.117. The molecule has 2 rings (SSSR count). The summed E-state index contributed by atoms with van der Waals surface area (Å²) in [5, 5.41) is 8.95. The van der Waals surface area contributed by atoms with E-state index in [4.69, 9.17) is 14.6 Å². The minimum atomic E-state index is -1.02. The second-order valence-electron chi connectivity index (χ2n) is 5.36. The maximum atomic E-state index is 12.3. The van der Waals surface area contributed by atoms with Crippen LogP contribution in [0, 0.1) is 5.92 Å². The Hall–Kier alpha value is -1.34. The van der Waals surface area contributed by atoms with Gasteiger partial charge < -0.3 is 24.4 Å². The van der Waals surface area contributed by atoms with Gasteiger partial charge in [0.1, 0.15) is 0 Å². The quantitative estimate of drug-likeness (QED) is 0.804. The molecule has 0 spiro atoms. The van der Waals surface area contributed by atoms with Crippen LogP contribution in [-0.2, 0) is 14.3 Å². The Balaban J connectivity index is 1.84. The Labute approximate surface area is 118 Å². The highest BCUT2D eigenvalue weighted by Gasteiger charge is 2.31. The van der Waals surface area contributed by atoms with E-state index in [0.717, 1.165) is 26.1 Å². The van der Waals surface area contributed by atoms with Crippen molar-refractivity contribution in [3.8, 4) is 0 Å².